The van der Waals surface area contributed by atoms with Gasteiger partial charge in [-0.2, -0.15) is 0 Å². The van der Waals surface area contributed by atoms with Crippen LogP contribution in [0.25, 0.3) is 22.3 Å². The number of ether oxygens (including phenoxy) is 8. The number of hydrogen-bond donors (Lipinski definition) is 1. The molecular weight excluding hydrogens is 1360 g/mol. The molecule has 0 amide bonds. The summed E-state index contributed by atoms with van der Waals surface area (Å²) in [5, 5.41) is 10.6. The average molecular weight is 1440 g/mol. The number of aliphatic hydroxyl groups excluding tert-OH is 1. The highest BCUT2D eigenvalue weighted by Crippen LogP contribution is 2.55. The summed E-state index contributed by atoms with van der Waals surface area (Å²) in [6, 6.07) is 69.2. The lowest BCUT2D eigenvalue weighted by Crippen LogP contribution is -2.41. The van der Waals surface area contributed by atoms with Crippen molar-refractivity contribution in [3.8, 4) is 23.0 Å². The highest BCUT2D eigenvalue weighted by molar-refractivity contribution is 7.83. The summed E-state index contributed by atoms with van der Waals surface area (Å²) >= 11 is 6.37. The first kappa shape index (κ1) is 72.0. The van der Waals surface area contributed by atoms with Crippen molar-refractivity contribution < 1.29 is 61.7 Å². The zero-order valence-electron chi connectivity index (χ0n) is 58.0. The van der Waals surface area contributed by atoms with E-state index in [2.05, 4.69) is 29.9 Å². The van der Waals surface area contributed by atoms with Crippen LogP contribution < -0.4 is 18.9 Å². The number of nitrogens with zero attached hydrogens (tertiary/aromatic N) is 9. The van der Waals surface area contributed by atoms with E-state index in [0.717, 1.165) is 44.9 Å². The summed E-state index contributed by atoms with van der Waals surface area (Å²) in [6.07, 6.45) is 3.14. The Morgan fingerprint density at radius 1 is 0.481 bits per heavy atom. The Hall–Kier alpha value is -10.4. The Balaban J connectivity index is 0.000000186. The monoisotopic (exact) mass is 1440 g/mol. The minimum atomic E-state index is -3.68. The van der Waals surface area contributed by atoms with Crippen LogP contribution in [-0.4, -0.2) is 141 Å². The lowest BCUT2D eigenvalue weighted by molar-refractivity contribution is -0.0988. The van der Waals surface area contributed by atoms with Gasteiger partial charge in [0.25, 0.3) is 0 Å². The molecule has 104 heavy (non-hydrogen) atoms. The molecule has 4 aromatic heterocycles. The van der Waals surface area contributed by atoms with Crippen molar-refractivity contribution >= 4 is 52.0 Å². The number of benzene rings is 8. The number of aliphatic hydroxyl groups is 1. The molecule has 0 radical (unpaired) electrons. The minimum absolute atomic E-state index is 0.0482. The van der Waals surface area contributed by atoms with Gasteiger partial charge in [-0.25, -0.2) is 34.6 Å². The molecule has 0 spiro atoms. The first-order valence-corrected chi connectivity index (χ1v) is 36.2. The van der Waals surface area contributed by atoms with E-state index in [9.17, 15) is 19.3 Å². The zero-order chi connectivity index (χ0) is 72.4. The van der Waals surface area contributed by atoms with Gasteiger partial charge in [-0.1, -0.05) is 170 Å². The predicted octanol–water partition coefficient (Wildman–Crippen LogP) is 13.8. The second kappa shape index (κ2) is 32.1. The molecular formula is C80H77ClN9O13P. The first-order chi connectivity index (χ1) is 50.7. The smallest absolute Gasteiger partial charge is 0.362 e. The van der Waals surface area contributed by atoms with Crippen LogP contribution in [0.1, 0.15) is 90.8 Å². The maximum atomic E-state index is 13.2. The number of methoxy groups -OCH3 is 4. The van der Waals surface area contributed by atoms with E-state index in [1.54, 1.807) is 84.0 Å². The third-order valence-electron chi connectivity index (χ3n) is 18.8. The van der Waals surface area contributed by atoms with Crippen LogP contribution >= 0.6 is 18.1 Å². The highest BCUT2D eigenvalue weighted by Gasteiger charge is 2.49. The number of fused-ring (bicyclic) bond motifs is 2. The van der Waals surface area contributed by atoms with Gasteiger partial charge in [0.15, 0.2) is 22.9 Å². The van der Waals surface area contributed by atoms with E-state index < -0.39 is 54.9 Å². The summed E-state index contributed by atoms with van der Waals surface area (Å²) in [5.41, 5.74) is 7.15. The first-order valence-electron chi connectivity index (χ1n) is 33.7. The molecule has 2 aliphatic heterocycles. The second-order valence-corrected chi connectivity index (χ2v) is 28.3. The summed E-state index contributed by atoms with van der Waals surface area (Å²) in [5.74, 6) is 2.68. The number of Topliss-reactive ketones (excluding diaryl/α,β-unsaturated/α-hetero) is 2. The molecule has 1 unspecified atom stereocenters. The number of imidazole rings is 2. The highest BCUT2D eigenvalue weighted by atomic mass is 35.7. The number of carbonyl (C=O) groups is 2. The third-order valence-corrected chi connectivity index (χ3v) is 21.4. The molecule has 24 heteroatoms. The standard InChI is InChI=1S/C41H41ClN5O7P.C39H36N4O6/c1-46(2)55(42,49)52-25-37-36(24-38(53-37)47-27-45-39-34(43-26-44-40(39)47)23-35(48)28-11-7-5-8-12-28)54-41(29-13-9-6-10-14-29,30-15-19-32(50-3)20-16-30)31-17-21-33(51-4)22-18-31;1-46-30-17-13-28(14-18-30)39(27-11-7-4-8-12-27,29-15-19-31(47-2)20-16-29)49-34-22-36(48-35(34)23-44)43-25-42-37-32(40-24-41-38(37)43)21-33(45)26-9-5-3-6-10-26/h5-22,26-27,36-38H,23-25H2,1-4H3;3-20,24-25,34-36,44H,21-23H2,1-2H3/t36-,37+,38+,55?;34-,35+,36+/m00/s1. The van der Waals surface area contributed by atoms with Crippen molar-refractivity contribution in [1.82, 2.24) is 43.7 Å². The molecule has 0 aliphatic carbocycles. The fourth-order valence-electron chi connectivity index (χ4n) is 13.3. The number of aromatic nitrogens is 8. The van der Waals surface area contributed by atoms with E-state index in [4.69, 9.17) is 53.7 Å². The van der Waals surface area contributed by atoms with Crippen LogP contribution in [0.15, 0.2) is 244 Å². The molecule has 22 nitrogen and oxygen atoms in total. The van der Waals surface area contributed by atoms with Gasteiger partial charge in [0.05, 0.1) is 90.7 Å². The quantitative estimate of drug-likeness (QED) is 0.0286. The van der Waals surface area contributed by atoms with Crippen molar-refractivity contribution in [1.29, 1.82) is 0 Å². The van der Waals surface area contributed by atoms with E-state index in [1.807, 2.05) is 199 Å². The van der Waals surface area contributed by atoms with Gasteiger partial charge in [0.2, 0.25) is 0 Å². The molecule has 8 aromatic carbocycles. The predicted molar refractivity (Wildman–Crippen MR) is 391 cm³/mol. The van der Waals surface area contributed by atoms with Gasteiger partial charge in [-0.3, -0.25) is 23.3 Å². The van der Waals surface area contributed by atoms with Crippen molar-refractivity contribution in [2.75, 3.05) is 55.7 Å². The van der Waals surface area contributed by atoms with Crippen LogP contribution in [-0.2, 0) is 52.1 Å². The molecule has 532 valence electrons. The topological polar surface area (TPSA) is 245 Å². The molecule has 0 bridgehead atoms. The van der Waals surface area contributed by atoms with E-state index >= 15 is 0 Å². The number of carbonyl (C=O) groups excluding carboxylic acids is 2. The average Bonchev–Trinajstić information content (AvgIpc) is 1.35. The molecule has 2 aliphatic rings. The number of ketones is 2. The summed E-state index contributed by atoms with van der Waals surface area (Å²) in [7, 11) is 9.69. The second-order valence-electron chi connectivity index (χ2n) is 25.0. The molecule has 6 heterocycles. The Bertz CT molecular complexity index is 4820. The van der Waals surface area contributed by atoms with Gasteiger partial charge in [0.1, 0.15) is 82.6 Å². The number of hydrogen-bond acceptors (Lipinski definition) is 19. The summed E-state index contributed by atoms with van der Waals surface area (Å²) in [4.78, 5) is 53.4. The number of halogens is 1. The molecule has 2 fully saturated rings. The van der Waals surface area contributed by atoms with Gasteiger partial charge in [0, 0.05) is 24.0 Å². The fourth-order valence-corrected chi connectivity index (χ4v) is 14.1. The summed E-state index contributed by atoms with van der Waals surface area (Å²) in [6.45, 7) is -4.09. The summed E-state index contributed by atoms with van der Waals surface area (Å²) < 4.78 is 74.1. The number of rotatable bonds is 27. The van der Waals surface area contributed by atoms with E-state index in [-0.39, 0.29) is 37.6 Å². The maximum Gasteiger partial charge on any atom is 0.362 e. The SMILES string of the molecule is COc1ccc(C(O[C@H]2C[C@H](n3cnc4c(CC(=O)c5ccccc5)ncnc43)O[C@@H]2CO)(c2ccccc2)c2ccc(OC)cc2)cc1.COc1ccc(C(O[C@H]2C[C@H](n3cnc4c(CC(=O)c5ccccc5)ncnc43)O[C@@H]2COP(=O)(Cl)N(C)C)(c2ccccc2)c2ccc(OC)cc2)cc1. The Morgan fingerprint density at radius 2 is 0.808 bits per heavy atom. The lowest BCUT2D eigenvalue weighted by Gasteiger charge is -2.39. The van der Waals surface area contributed by atoms with Crippen molar-refractivity contribution in [2.24, 2.45) is 0 Å². The third kappa shape index (κ3) is 15.1. The van der Waals surface area contributed by atoms with Crippen molar-refractivity contribution in [3.05, 3.63) is 300 Å². The van der Waals surface area contributed by atoms with E-state index in [0.29, 0.717) is 69.2 Å². The Morgan fingerprint density at radius 3 is 1.14 bits per heavy atom. The Kier molecular flexibility index (Phi) is 22.2. The van der Waals surface area contributed by atoms with E-state index in [1.165, 1.54) is 17.3 Å². The largest absolute Gasteiger partial charge is 0.497 e. The molecule has 1 N–H and O–H groups in total. The normalized spacial score (nSPS) is 18.0. The van der Waals surface area contributed by atoms with Crippen molar-refractivity contribution in [3.63, 3.8) is 0 Å². The van der Waals surface area contributed by atoms with Gasteiger partial charge in [-0.05, 0) is 107 Å². The maximum absolute atomic E-state index is 13.2. The van der Waals surface area contributed by atoms with Crippen LogP contribution in [0.5, 0.6) is 23.0 Å². The molecule has 14 rings (SSSR count). The fraction of sp³-hybridized carbons (Fsp3) is 0.250. The minimum Gasteiger partial charge on any atom is -0.497 e. The zero-order valence-corrected chi connectivity index (χ0v) is 59.6. The van der Waals surface area contributed by atoms with Crippen LogP contribution in [0.3, 0.4) is 0 Å². The van der Waals surface area contributed by atoms with Crippen LogP contribution in [0.2, 0.25) is 0 Å². The van der Waals surface area contributed by atoms with Gasteiger partial charge >= 0.3 is 6.87 Å². The van der Waals surface area contributed by atoms with Crippen molar-refractivity contribution in [2.45, 2.75) is 73.8 Å². The Labute approximate surface area is 606 Å². The molecule has 7 atom stereocenters. The molecule has 0 saturated carbocycles. The molecule has 2 saturated heterocycles. The molecule has 12 aromatic rings. The van der Waals surface area contributed by atoms with Gasteiger partial charge < -0.3 is 47.5 Å². The van der Waals surface area contributed by atoms with Crippen LogP contribution in [0, 0.1) is 0 Å². The van der Waals surface area contributed by atoms with Gasteiger partial charge in [-0.15, -0.1) is 0 Å². The lowest BCUT2D eigenvalue weighted by atomic mass is 9.79. The van der Waals surface area contributed by atoms with Crippen LogP contribution in [0.4, 0.5) is 0 Å².